The third kappa shape index (κ3) is 4.04. The molecule has 0 atom stereocenters. The average Bonchev–Trinajstić information content (AvgIpc) is 3.12. The summed E-state index contributed by atoms with van der Waals surface area (Å²) in [4.78, 5) is 36.9. The van der Waals surface area contributed by atoms with Crippen LogP contribution in [-0.4, -0.2) is 44.1 Å². The number of aromatic nitrogens is 4. The highest BCUT2D eigenvalue weighted by atomic mass is 16.2. The van der Waals surface area contributed by atoms with Gasteiger partial charge in [-0.15, -0.1) is 0 Å². The molecule has 1 aromatic carbocycles. The highest BCUT2D eigenvalue weighted by Crippen LogP contribution is 2.25. The number of allylic oxidation sites excluding steroid dienone is 2. The van der Waals surface area contributed by atoms with Gasteiger partial charge in [0.25, 0.3) is 0 Å². The van der Waals surface area contributed by atoms with Crippen molar-refractivity contribution in [1.29, 1.82) is 0 Å². The Kier molecular flexibility index (Phi) is 5.75. The zero-order valence-electron chi connectivity index (χ0n) is 18.1. The molecule has 1 fully saturated rings. The fraction of sp³-hybridized carbons (Fsp3) is 0.417. The maximum atomic E-state index is 13.3. The molecule has 5 rings (SSSR count). The van der Waals surface area contributed by atoms with Crippen LogP contribution >= 0.6 is 0 Å². The minimum absolute atomic E-state index is 0.0294. The molecular formula is C24H28N6O2. The number of nitrogens with zero attached hydrogens (tertiary/aromatic N) is 5. The van der Waals surface area contributed by atoms with E-state index in [9.17, 15) is 9.59 Å². The second-order valence-electron chi connectivity index (χ2n) is 8.51. The van der Waals surface area contributed by atoms with Gasteiger partial charge in [0, 0.05) is 37.2 Å². The normalized spacial score (nSPS) is 17.4. The van der Waals surface area contributed by atoms with Gasteiger partial charge in [0.2, 0.25) is 11.9 Å². The van der Waals surface area contributed by atoms with Gasteiger partial charge in [0.1, 0.15) is 6.54 Å². The Hall–Kier alpha value is -3.42. The quantitative estimate of drug-likeness (QED) is 0.670. The van der Waals surface area contributed by atoms with Gasteiger partial charge in [-0.25, -0.2) is 14.8 Å². The first-order valence-corrected chi connectivity index (χ1v) is 11.4. The van der Waals surface area contributed by atoms with Crippen molar-refractivity contribution in [2.24, 2.45) is 0 Å². The lowest BCUT2D eigenvalue weighted by atomic mass is 10.0. The molecule has 1 aliphatic carbocycles. The number of hydrogen-bond acceptors (Lipinski definition) is 5. The number of fused-ring (bicyclic) bond motifs is 1. The fourth-order valence-corrected chi connectivity index (χ4v) is 4.76. The average molecular weight is 433 g/mol. The summed E-state index contributed by atoms with van der Waals surface area (Å²) in [6.07, 6.45) is 11.4. The van der Waals surface area contributed by atoms with Crippen molar-refractivity contribution in [3.63, 3.8) is 0 Å². The largest absolute Gasteiger partial charge is 0.352 e. The SMILES string of the molecule is O=C(Cn1c(=O)n(C2=CCCCC2)c2ccccc21)NC1CCN(c2ncccn2)CC1. The predicted molar refractivity (Wildman–Crippen MR) is 124 cm³/mol. The number of piperidine rings is 1. The molecule has 0 bridgehead atoms. The molecule has 3 aromatic rings. The number of amides is 1. The van der Waals surface area contributed by atoms with Gasteiger partial charge in [0.15, 0.2) is 0 Å². The van der Waals surface area contributed by atoms with E-state index in [-0.39, 0.29) is 24.2 Å². The van der Waals surface area contributed by atoms with Crippen LogP contribution < -0.4 is 15.9 Å². The van der Waals surface area contributed by atoms with Crippen molar-refractivity contribution in [3.05, 3.63) is 59.3 Å². The molecule has 3 heterocycles. The zero-order valence-corrected chi connectivity index (χ0v) is 18.1. The molecule has 1 aliphatic heterocycles. The van der Waals surface area contributed by atoms with Gasteiger partial charge < -0.3 is 10.2 Å². The first-order valence-electron chi connectivity index (χ1n) is 11.4. The van der Waals surface area contributed by atoms with E-state index in [1.165, 1.54) is 0 Å². The number of hydrogen-bond donors (Lipinski definition) is 1. The Labute approximate surface area is 186 Å². The Balaban J connectivity index is 1.29. The second-order valence-corrected chi connectivity index (χ2v) is 8.51. The van der Waals surface area contributed by atoms with Crippen LogP contribution in [0.15, 0.2) is 53.6 Å². The summed E-state index contributed by atoms with van der Waals surface area (Å²) in [6, 6.07) is 9.63. The van der Waals surface area contributed by atoms with Crippen molar-refractivity contribution in [2.75, 3.05) is 18.0 Å². The molecule has 8 nitrogen and oxygen atoms in total. The molecule has 8 heteroatoms. The van der Waals surface area contributed by atoms with Crippen LogP contribution in [0, 0.1) is 0 Å². The van der Waals surface area contributed by atoms with E-state index in [4.69, 9.17) is 0 Å². The maximum absolute atomic E-state index is 13.3. The minimum Gasteiger partial charge on any atom is -0.352 e. The number of carbonyl (C=O) groups excluding carboxylic acids is 1. The van der Waals surface area contributed by atoms with Crippen molar-refractivity contribution in [1.82, 2.24) is 24.4 Å². The van der Waals surface area contributed by atoms with E-state index in [1.54, 1.807) is 27.6 Å². The zero-order chi connectivity index (χ0) is 21.9. The highest BCUT2D eigenvalue weighted by molar-refractivity contribution is 5.83. The Morgan fingerprint density at radius 1 is 1.03 bits per heavy atom. The topological polar surface area (TPSA) is 85.0 Å². The minimum atomic E-state index is -0.134. The molecule has 0 spiro atoms. The molecule has 1 saturated heterocycles. The van der Waals surface area contributed by atoms with Crippen molar-refractivity contribution >= 4 is 28.6 Å². The summed E-state index contributed by atoms with van der Waals surface area (Å²) >= 11 is 0. The summed E-state index contributed by atoms with van der Waals surface area (Å²) < 4.78 is 3.40. The van der Waals surface area contributed by atoms with Crippen LogP contribution in [0.1, 0.15) is 38.5 Å². The van der Waals surface area contributed by atoms with Crippen LogP contribution in [0.25, 0.3) is 16.7 Å². The molecule has 2 aromatic heterocycles. The first kappa shape index (κ1) is 20.5. The molecule has 166 valence electrons. The van der Waals surface area contributed by atoms with E-state index in [0.29, 0.717) is 0 Å². The molecule has 1 amide bonds. The number of para-hydroxylation sites is 2. The lowest BCUT2D eigenvalue weighted by Crippen LogP contribution is -2.46. The number of nitrogens with one attached hydrogen (secondary N) is 1. The van der Waals surface area contributed by atoms with Crippen LogP contribution in [0.4, 0.5) is 5.95 Å². The van der Waals surface area contributed by atoms with Gasteiger partial charge in [-0.3, -0.25) is 13.9 Å². The fourth-order valence-electron chi connectivity index (χ4n) is 4.76. The predicted octanol–water partition coefficient (Wildman–Crippen LogP) is 2.79. The summed E-state index contributed by atoms with van der Waals surface area (Å²) in [5.41, 5.74) is 2.59. The highest BCUT2D eigenvalue weighted by Gasteiger charge is 2.23. The van der Waals surface area contributed by atoms with Gasteiger partial charge in [-0.2, -0.15) is 0 Å². The van der Waals surface area contributed by atoms with Crippen LogP contribution in [-0.2, 0) is 11.3 Å². The van der Waals surface area contributed by atoms with Crippen molar-refractivity contribution in [2.45, 2.75) is 51.1 Å². The summed E-state index contributed by atoms with van der Waals surface area (Å²) in [5.74, 6) is 0.607. The van der Waals surface area contributed by atoms with Gasteiger partial charge >= 0.3 is 5.69 Å². The Morgan fingerprint density at radius 2 is 1.78 bits per heavy atom. The van der Waals surface area contributed by atoms with E-state index < -0.39 is 0 Å². The van der Waals surface area contributed by atoms with E-state index >= 15 is 0 Å². The lowest BCUT2D eigenvalue weighted by molar-refractivity contribution is -0.122. The third-order valence-corrected chi connectivity index (χ3v) is 6.39. The monoisotopic (exact) mass is 432 g/mol. The number of rotatable bonds is 5. The van der Waals surface area contributed by atoms with E-state index in [1.807, 2.05) is 24.3 Å². The second kappa shape index (κ2) is 8.98. The number of anilines is 1. The molecule has 0 radical (unpaired) electrons. The third-order valence-electron chi connectivity index (χ3n) is 6.39. The Bertz CT molecular complexity index is 1190. The molecule has 0 saturated carbocycles. The molecule has 32 heavy (non-hydrogen) atoms. The first-order chi connectivity index (χ1) is 15.7. The molecule has 0 unspecified atom stereocenters. The molecule has 2 aliphatic rings. The van der Waals surface area contributed by atoms with Crippen LogP contribution in [0.5, 0.6) is 0 Å². The smallest absolute Gasteiger partial charge is 0.333 e. The maximum Gasteiger partial charge on any atom is 0.333 e. The Morgan fingerprint density at radius 3 is 2.50 bits per heavy atom. The summed E-state index contributed by atoms with van der Waals surface area (Å²) in [5, 5.41) is 3.13. The van der Waals surface area contributed by atoms with Gasteiger partial charge in [0.05, 0.1) is 11.0 Å². The van der Waals surface area contributed by atoms with E-state index in [2.05, 4.69) is 26.3 Å². The number of benzene rings is 1. The number of imidazole rings is 1. The lowest BCUT2D eigenvalue weighted by Gasteiger charge is -2.32. The van der Waals surface area contributed by atoms with Crippen molar-refractivity contribution in [3.8, 4) is 0 Å². The summed E-state index contributed by atoms with van der Waals surface area (Å²) in [7, 11) is 0. The van der Waals surface area contributed by atoms with E-state index in [0.717, 1.165) is 74.3 Å². The standard InChI is InChI=1S/C24H28N6O2/c31-22(27-18-11-15-28(16-12-18)23-25-13-6-14-26-23)17-29-20-9-4-5-10-21(20)30(24(29)32)19-7-2-1-3-8-19/h4-7,9-10,13-14,18H,1-3,8,11-12,15-17H2,(H,27,31). The molecule has 1 N–H and O–H groups in total. The van der Waals surface area contributed by atoms with Gasteiger partial charge in [-0.05, 0) is 56.7 Å². The van der Waals surface area contributed by atoms with Crippen molar-refractivity contribution < 1.29 is 4.79 Å². The van der Waals surface area contributed by atoms with Gasteiger partial charge in [-0.1, -0.05) is 18.2 Å². The molecular weight excluding hydrogens is 404 g/mol. The number of carbonyl (C=O) groups is 1. The van der Waals surface area contributed by atoms with Crippen LogP contribution in [0.3, 0.4) is 0 Å². The van der Waals surface area contributed by atoms with Crippen LogP contribution in [0.2, 0.25) is 0 Å². The summed E-state index contributed by atoms with van der Waals surface area (Å²) in [6.45, 7) is 1.62.